The van der Waals surface area contributed by atoms with Crippen LogP contribution in [-0.4, -0.2) is 32.9 Å². The van der Waals surface area contributed by atoms with Crippen LogP contribution in [-0.2, 0) is 16.0 Å². The van der Waals surface area contributed by atoms with E-state index in [1.807, 2.05) is 0 Å². The number of nitro benzene ring substituents is 1. The van der Waals surface area contributed by atoms with E-state index in [2.05, 4.69) is 4.74 Å². The van der Waals surface area contributed by atoms with E-state index in [0.717, 1.165) is 10.4 Å². The molecule has 0 saturated carbocycles. The smallest absolute Gasteiger partial charge is 0.404 e. The highest BCUT2D eigenvalue weighted by molar-refractivity contribution is 7.80. The molecule has 0 saturated heterocycles. The maximum Gasteiger partial charge on any atom is 0.404 e. The molecule has 9 nitrogen and oxygen atoms in total. The third-order valence-electron chi connectivity index (χ3n) is 2.13. The molecule has 1 unspecified atom stereocenters. The first-order valence-corrected chi connectivity index (χ1v) is 6.47. The van der Waals surface area contributed by atoms with Crippen molar-refractivity contribution in [2.75, 3.05) is 17.5 Å². The summed E-state index contributed by atoms with van der Waals surface area (Å²) in [5.74, 6) is 0. The van der Waals surface area contributed by atoms with E-state index in [9.17, 15) is 23.7 Å². The molecule has 1 aromatic carbocycles. The van der Waals surface area contributed by atoms with E-state index in [4.69, 9.17) is 17.3 Å². The molecule has 0 aliphatic rings. The van der Waals surface area contributed by atoms with Gasteiger partial charge < -0.3 is 15.0 Å². The first kappa shape index (κ1) is 16.1. The lowest BCUT2D eigenvalue weighted by atomic mass is 10.3. The highest BCUT2D eigenvalue weighted by Crippen LogP contribution is 2.29. The Morgan fingerprint density at radius 1 is 1.55 bits per heavy atom. The Balaban J connectivity index is 2.97. The summed E-state index contributed by atoms with van der Waals surface area (Å²) in [5, 5.41) is 10.6. The van der Waals surface area contributed by atoms with Crippen molar-refractivity contribution in [3.8, 4) is 0 Å². The van der Waals surface area contributed by atoms with Crippen molar-refractivity contribution < 1.29 is 23.2 Å². The highest BCUT2D eigenvalue weighted by atomic mass is 35.5. The third kappa shape index (κ3) is 4.33. The van der Waals surface area contributed by atoms with Gasteiger partial charge in [-0.1, -0.05) is 11.6 Å². The van der Waals surface area contributed by atoms with E-state index < -0.39 is 28.0 Å². The van der Waals surface area contributed by atoms with Crippen molar-refractivity contribution >= 4 is 40.3 Å². The zero-order valence-electron chi connectivity index (χ0n) is 9.85. The number of hydrogen-bond acceptors (Lipinski definition) is 6. The number of nitro groups is 1. The van der Waals surface area contributed by atoms with Gasteiger partial charge in [0.2, 0.25) is 0 Å². The number of ether oxygens (including phenoxy) is 1. The number of nitrogens with zero attached hydrogens (tertiary/aromatic N) is 2. The number of nitrogens with two attached hydrogens (primary N) is 1. The van der Waals surface area contributed by atoms with Crippen LogP contribution in [0.2, 0.25) is 5.02 Å². The minimum Gasteiger partial charge on any atom is -0.755 e. The average molecular weight is 323 g/mol. The molecule has 0 radical (unpaired) electrons. The van der Waals surface area contributed by atoms with Crippen molar-refractivity contribution in [2.24, 2.45) is 5.73 Å². The molecule has 2 N–H and O–H groups in total. The van der Waals surface area contributed by atoms with Crippen molar-refractivity contribution in [2.45, 2.75) is 0 Å². The van der Waals surface area contributed by atoms with E-state index in [1.54, 1.807) is 0 Å². The van der Waals surface area contributed by atoms with Gasteiger partial charge in [0, 0.05) is 17.3 Å². The van der Waals surface area contributed by atoms with Gasteiger partial charge in [-0.3, -0.25) is 18.6 Å². The summed E-state index contributed by atoms with van der Waals surface area (Å²) in [5.41, 5.74) is 4.32. The number of carbonyl (C=O) groups excluding carboxylic acids is 1. The minimum absolute atomic E-state index is 0.0162. The zero-order chi connectivity index (χ0) is 15.3. The maximum absolute atomic E-state index is 11.1. The fourth-order valence-electron chi connectivity index (χ4n) is 1.31. The number of rotatable bonds is 6. The molecule has 1 amide bonds. The Hall–Kier alpha value is -1.91. The van der Waals surface area contributed by atoms with Gasteiger partial charge in [-0.05, 0) is 12.1 Å². The fourth-order valence-corrected chi connectivity index (χ4v) is 2.01. The molecule has 0 bridgehead atoms. The number of anilines is 1. The second kappa shape index (κ2) is 7.03. The number of primary amides is 1. The van der Waals surface area contributed by atoms with Crippen LogP contribution in [0.25, 0.3) is 0 Å². The Kier molecular flexibility index (Phi) is 5.67. The summed E-state index contributed by atoms with van der Waals surface area (Å²) in [7, 11) is 0. The SMILES string of the molecule is NC(=O)OCCN(c1ccc(Cl)c([N+](=O)[O-])c1)S(=O)[O-]. The second-order valence-corrected chi connectivity index (χ2v) is 4.66. The van der Waals surface area contributed by atoms with Crippen LogP contribution >= 0.6 is 11.6 Å². The largest absolute Gasteiger partial charge is 0.755 e. The van der Waals surface area contributed by atoms with Gasteiger partial charge in [-0.25, -0.2) is 4.79 Å². The van der Waals surface area contributed by atoms with E-state index in [1.165, 1.54) is 12.1 Å². The standard InChI is InChI=1S/C9H10ClN3O6S/c10-7-2-1-6(5-8(7)13(15)16)12(20(17)18)3-4-19-9(11)14/h1-2,5H,3-4H2,(H2,11,14)(H,17,18)/p-1. The third-order valence-corrected chi connectivity index (χ3v) is 3.21. The van der Waals surface area contributed by atoms with E-state index >= 15 is 0 Å². The fraction of sp³-hybridized carbons (Fsp3) is 0.222. The van der Waals surface area contributed by atoms with Crippen LogP contribution in [0, 0.1) is 10.1 Å². The lowest BCUT2D eigenvalue weighted by Crippen LogP contribution is -2.30. The molecule has 1 aromatic rings. The molecule has 110 valence electrons. The Labute approximate surface area is 120 Å². The van der Waals surface area contributed by atoms with Crippen LogP contribution < -0.4 is 10.0 Å². The molecule has 0 aliphatic carbocycles. The summed E-state index contributed by atoms with van der Waals surface area (Å²) < 4.78 is 27.4. The summed E-state index contributed by atoms with van der Waals surface area (Å²) in [6, 6.07) is 3.49. The summed E-state index contributed by atoms with van der Waals surface area (Å²) >= 11 is 2.91. The van der Waals surface area contributed by atoms with Crippen molar-refractivity contribution in [3.63, 3.8) is 0 Å². The molecule has 0 fully saturated rings. The van der Waals surface area contributed by atoms with Crippen LogP contribution in [0.4, 0.5) is 16.2 Å². The predicted octanol–water partition coefficient (Wildman–Crippen LogP) is 0.944. The highest BCUT2D eigenvalue weighted by Gasteiger charge is 2.16. The van der Waals surface area contributed by atoms with Gasteiger partial charge in [-0.2, -0.15) is 0 Å². The molecule has 1 atom stereocenters. The first-order chi connectivity index (χ1) is 9.32. The molecule has 0 aliphatic heterocycles. The monoisotopic (exact) mass is 322 g/mol. The van der Waals surface area contributed by atoms with Gasteiger partial charge in [0.05, 0.1) is 17.2 Å². The van der Waals surface area contributed by atoms with Gasteiger partial charge in [-0.15, -0.1) is 0 Å². The maximum atomic E-state index is 11.1. The van der Waals surface area contributed by atoms with Crippen LogP contribution in [0.1, 0.15) is 0 Å². The number of hydrogen-bond donors (Lipinski definition) is 1. The number of amides is 1. The predicted molar refractivity (Wildman–Crippen MR) is 69.9 cm³/mol. The molecule has 0 spiro atoms. The molecule has 20 heavy (non-hydrogen) atoms. The van der Waals surface area contributed by atoms with Crippen molar-refractivity contribution in [1.29, 1.82) is 0 Å². The van der Waals surface area contributed by atoms with Gasteiger partial charge in [0.25, 0.3) is 5.69 Å². The first-order valence-electron chi connectivity index (χ1n) is 5.06. The Morgan fingerprint density at radius 2 is 2.20 bits per heavy atom. The summed E-state index contributed by atoms with van der Waals surface area (Å²) in [6.45, 7) is -0.530. The Bertz CT molecular complexity index is 554. The minimum atomic E-state index is -2.71. The molecule has 11 heteroatoms. The van der Waals surface area contributed by atoms with Gasteiger partial charge >= 0.3 is 6.09 Å². The normalized spacial score (nSPS) is 11.7. The van der Waals surface area contributed by atoms with Crippen LogP contribution in [0.15, 0.2) is 18.2 Å². The van der Waals surface area contributed by atoms with Gasteiger partial charge in [0.15, 0.2) is 0 Å². The summed E-state index contributed by atoms with van der Waals surface area (Å²) in [4.78, 5) is 20.4. The van der Waals surface area contributed by atoms with Crippen LogP contribution in [0.3, 0.4) is 0 Å². The van der Waals surface area contributed by atoms with Gasteiger partial charge in [0.1, 0.15) is 11.6 Å². The van der Waals surface area contributed by atoms with E-state index in [-0.39, 0.29) is 23.9 Å². The zero-order valence-corrected chi connectivity index (χ0v) is 11.4. The quantitative estimate of drug-likeness (QED) is 0.469. The molecule has 1 rings (SSSR count). The summed E-state index contributed by atoms with van der Waals surface area (Å²) in [6.07, 6.45) is -1.05. The number of carbonyl (C=O) groups is 1. The number of halogens is 1. The second-order valence-electron chi connectivity index (χ2n) is 3.38. The molecular formula is C9H9ClN3O6S-. The Morgan fingerprint density at radius 3 is 2.70 bits per heavy atom. The molecule has 0 heterocycles. The lowest BCUT2D eigenvalue weighted by Gasteiger charge is -2.25. The number of benzene rings is 1. The van der Waals surface area contributed by atoms with E-state index in [0.29, 0.717) is 0 Å². The average Bonchev–Trinajstić information content (AvgIpc) is 2.34. The molecule has 0 aromatic heterocycles. The van der Waals surface area contributed by atoms with Crippen LogP contribution in [0.5, 0.6) is 0 Å². The lowest BCUT2D eigenvalue weighted by molar-refractivity contribution is -0.384. The van der Waals surface area contributed by atoms with Crippen molar-refractivity contribution in [3.05, 3.63) is 33.3 Å². The van der Waals surface area contributed by atoms with Crippen molar-refractivity contribution in [1.82, 2.24) is 0 Å². The molecular weight excluding hydrogens is 314 g/mol. The topological polar surface area (TPSA) is 139 Å².